The lowest BCUT2D eigenvalue weighted by atomic mass is 10.0. The molecule has 0 aliphatic heterocycles. The van der Waals surface area contributed by atoms with E-state index in [0.29, 0.717) is 47.4 Å². The predicted molar refractivity (Wildman–Crippen MR) is 190 cm³/mol. The number of fused-ring (bicyclic) bond motifs is 1. The number of methoxy groups -OCH3 is 1. The second-order valence-electron chi connectivity index (χ2n) is 11.8. The Labute approximate surface area is 304 Å². The number of nitrogens with zero attached hydrogens (tertiary/aromatic N) is 2. The molecule has 17 heteroatoms. The van der Waals surface area contributed by atoms with Crippen molar-refractivity contribution >= 4 is 48.2 Å². The summed E-state index contributed by atoms with van der Waals surface area (Å²) in [6, 6.07) is 13.9. The average Bonchev–Trinajstić information content (AvgIpc) is 3.95. The van der Waals surface area contributed by atoms with Gasteiger partial charge < -0.3 is 38.7 Å². The van der Waals surface area contributed by atoms with E-state index in [0.717, 1.165) is 6.07 Å². The van der Waals surface area contributed by atoms with E-state index >= 15 is 4.39 Å². The molecule has 0 saturated heterocycles. The maximum Gasteiger partial charge on any atom is 0.347 e. The van der Waals surface area contributed by atoms with Crippen LogP contribution in [0, 0.1) is 17.0 Å². The summed E-state index contributed by atoms with van der Waals surface area (Å²) in [4.78, 5) is 46.4. The van der Waals surface area contributed by atoms with Gasteiger partial charge >= 0.3 is 14.1 Å². The SMILES string of the molecule is CCOP(=O)(CN(CCCOc1cc2c(Oc3ccc(NC(=O)C4(C(=O)Nc5ccc(F)cc5)CC4)cc3F)ccnc2cc1OC)OC=O)OCC. The normalized spacial score (nSPS) is 13.3. The van der Waals surface area contributed by atoms with Gasteiger partial charge in [-0.1, -0.05) is 0 Å². The van der Waals surface area contributed by atoms with Crippen molar-refractivity contribution in [1.29, 1.82) is 0 Å². The van der Waals surface area contributed by atoms with Crippen molar-refractivity contribution in [1.82, 2.24) is 10.0 Å². The number of hydroxylamine groups is 2. The third-order valence-corrected chi connectivity index (χ3v) is 10.1. The number of aromatic nitrogens is 1. The zero-order valence-electron chi connectivity index (χ0n) is 29.3. The highest BCUT2D eigenvalue weighted by atomic mass is 31.2. The van der Waals surface area contributed by atoms with Crippen LogP contribution in [0.1, 0.15) is 33.1 Å². The van der Waals surface area contributed by atoms with Crippen molar-refractivity contribution in [3.63, 3.8) is 0 Å². The molecule has 0 radical (unpaired) electrons. The summed E-state index contributed by atoms with van der Waals surface area (Å²) in [5.41, 5.74) is -0.382. The lowest BCUT2D eigenvalue weighted by Gasteiger charge is -2.24. The smallest absolute Gasteiger partial charge is 0.347 e. The summed E-state index contributed by atoms with van der Waals surface area (Å²) >= 11 is 0. The summed E-state index contributed by atoms with van der Waals surface area (Å²) in [6.07, 6.45) is 2.17. The number of halogens is 2. The number of amides is 2. The Morgan fingerprint density at radius 3 is 2.21 bits per heavy atom. The van der Waals surface area contributed by atoms with Gasteiger partial charge in [-0.3, -0.25) is 23.9 Å². The number of carbonyl (C=O) groups excluding carboxylic acids is 3. The molecule has 282 valence electrons. The molecule has 4 aromatic rings. The van der Waals surface area contributed by atoms with Crippen molar-refractivity contribution in [2.45, 2.75) is 33.1 Å². The van der Waals surface area contributed by atoms with Gasteiger partial charge in [0.1, 0.15) is 23.3 Å². The van der Waals surface area contributed by atoms with Crippen LogP contribution in [-0.4, -0.2) is 68.1 Å². The molecule has 0 bridgehead atoms. The summed E-state index contributed by atoms with van der Waals surface area (Å²) in [5.74, 6) is -1.56. The van der Waals surface area contributed by atoms with Crippen LogP contribution in [0.25, 0.3) is 10.9 Å². The monoisotopic (exact) mass is 756 g/mol. The lowest BCUT2D eigenvalue weighted by Crippen LogP contribution is -2.35. The molecule has 1 aliphatic rings. The Bertz CT molecular complexity index is 1970. The number of ether oxygens (including phenoxy) is 3. The van der Waals surface area contributed by atoms with Crippen LogP contribution >= 0.6 is 7.60 Å². The first kappa shape index (κ1) is 39.1. The average molecular weight is 757 g/mol. The molecule has 1 aromatic heterocycles. The summed E-state index contributed by atoms with van der Waals surface area (Å²) in [5, 5.41) is 6.90. The lowest BCUT2D eigenvalue weighted by molar-refractivity contribution is -0.170. The van der Waals surface area contributed by atoms with Crippen molar-refractivity contribution in [2.24, 2.45) is 5.41 Å². The minimum Gasteiger partial charge on any atom is -0.493 e. The maximum atomic E-state index is 15.4. The highest BCUT2D eigenvalue weighted by Gasteiger charge is 2.56. The third kappa shape index (κ3) is 9.84. The molecule has 1 heterocycles. The van der Waals surface area contributed by atoms with Gasteiger partial charge in [0.2, 0.25) is 11.8 Å². The van der Waals surface area contributed by atoms with E-state index in [-0.39, 0.29) is 56.3 Å². The molecule has 2 N–H and O–H groups in total. The van der Waals surface area contributed by atoms with E-state index in [1.807, 2.05) is 0 Å². The fraction of sp³-hybridized carbons (Fsp3) is 0.333. The van der Waals surface area contributed by atoms with E-state index in [1.165, 1.54) is 54.8 Å². The first-order chi connectivity index (χ1) is 25.5. The molecule has 14 nitrogen and oxygen atoms in total. The number of hydrogen-bond donors (Lipinski definition) is 2. The molecular weight excluding hydrogens is 717 g/mol. The molecular formula is C36H39F2N4O10P. The van der Waals surface area contributed by atoms with Crippen LogP contribution in [0.2, 0.25) is 0 Å². The fourth-order valence-corrected chi connectivity index (χ4v) is 6.95. The summed E-state index contributed by atoms with van der Waals surface area (Å²) in [6.45, 7) is 4.15. The van der Waals surface area contributed by atoms with Crippen molar-refractivity contribution < 1.29 is 55.8 Å². The van der Waals surface area contributed by atoms with Gasteiger partial charge in [0.15, 0.2) is 23.1 Å². The minimum atomic E-state index is -3.53. The fourth-order valence-electron chi connectivity index (χ4n) is 5.33. The van der Waals surface area contributed by atoms with Gasteiger partial charge in [-0.15, -0.1) is 5.06 Å². The second kappa shape index (κ2) is 17.6. The first-order valence-electron chi connectivity index (χ1n) is 16.7. The van der Waals surface area contributed by atoms with Crippen LogP contribution in [-0.2, 0) is 32.8 Å². The number of nitrogens with one attached hydrogen (secondary N) is 2. The minimum absolute atomic E-state index is 0.122. The van der Waals surface area contributed by atoms with Gasteiger partial charge in [0, 0.05) is 41.6 Å². The molecule has 1 fully saturated rings. The molecule has 0 unspecified atom stereocenters. The number of benzene rings is 3. The van der Waals surface area contributed by atoms with E-state index in [9.17, 15) is 23.3 Å². The molecule has 1 aliphatic carbocycles. The standard InChI is InChI=1S/C36H39F2N4O10P/c1-4-50-53(46,51-5-2)22-42(49-23-43)17-6-18-48-33-20-27-29(21-32(33)47-3)39-16-13-30(27)52-31-12-11-26(19-28(31)38)41-35(45)36(14-15-36)34(44)40-25-9-7-24(37)8-10-25/h7-13,16,19-21,23H,4-6,14-15,17-18,22H2,1-3H3,(H,40,44)(H,41,45). The van der Waals surface area contributed by atoms with Gasteiger partial charge in [-0.05, 0) is 81.6 Å². The predicted octanol–water partition coefficient (Wildman–Crippen LogP) is 7.05. The number of hydrogen-bond acceptors (Lipinski definition) is 12. The number of pyridine rings is 1. The van der Waals surface area contributed by atoms with Crippen molar-refractivity contribution in [3.8, 4) is 23.0 Å². The molecule has 1 saturated carbocycles. The quantitative estimate of drug-likeness (QED) is 0.0311. The van der Waals surface area contributed by atoms with E-state index in [1.54, 1.807) is 32.0 Å². The summed E-state index contributed by atoms with van der Waals surface area (Å²) in [7, 11) is -2.06. The Morgan fingerprint density at radius 1 is 0.906 bits per heavy atom. The highest BCUT2D eigenvalue weighted by molar-refractivity contribution is 7.53. The number of anilines is 2. The maximum absolute atomic E-state index is 15.4. The van der Waals surface area contributed by atoms with Crippen LogP contribution in [0.15, 0.2) is 66.9 Å². The van der Waals surface area contributed by atoms with Crippen LogP contribution in [0.4, 0.5) is 20.2 Å². The molecule has 3 aromatic carbocycles. The van der Waals surface area contributed by atoms with Crippen LogP contribution in [0.5, 0.6) is 23.0 Å². The van der Waals surface area contributed by atoms with Crippen molar-refractivity contribution in [3.05, 3.63) is 78.5 Å². The van der Waals surface area contributed by atoms with Crippen LogP contribution in [0.3, 0.4) is 0 Å². The highest BCUT2D eigenvalue weighted by Crippen LogP contribution is 2.49. The van der Waals surface area contributed by atoms with Gasteiger partial charge in [0.05, 0.1) is 32.4 Å². The molecule has 5 rings (SSSR count). The zero-order chi connectivity index (χ0) is 38.0. The molecule has 0 atom stereocenters. The van der Waals surface area contributed by atoms with Gasteiger partial charge in [-0.2, -0.15) is 0 Å². The van der Waals surface area contributed by atoms with Crippen molar-refractivity contribution in [2.75, 3.05) is 50.4 Å². The Kier molecular flexibility index (Phi) is 13.0. The topological polar surface area (TPSA) is 164 Å². The van der Waals surface area contributed by atoms with Crippen LogP contribution < -0.4 is 24.8 Å². The van der Waals surface area contributed by atoms with E-state index in [4.69, 9.17) is 28.1 Å². The van der Waals surface area contributed by atoms with Gasteiger partial charge in [0.25, 0.3) is 0 Å². The van der Waals surface area contributed by atoms with E-state index < -0.39 is 36.5 Å². The Balaban J connectivity index is 1.24. The Morgan fingerprint density at radius 2 is 1.58 bits per heavy atom. The number of carbonyl (C=O) groups is 3. The molecule has 53 heavy (non-hydrogen) atoms. The van der Waals surface area contributed by atoms with Gasteiger partial charge in [-0.25, -0.2) is 8.78 Å². The largest absolute Gasteiger partial charge is 0.493 e. The zero-order valence-corrected chi connectivity index (χ0v) is 30.2. The van der Waals surface area contributed by atoms with E-state index in [2.05, 4.69) is 15.6 Å². The molecule has 2 amide bonds. The third-order valence-electron chi connectivity index (χ3n) is 8.10. The Hall–Kier alpha value is -5.15. The number of rotatable bonds is 20. The first-order valence-corrected chi connectivity index (χ1v) is 18.4. The second-order valence-corrected chi connectivity index (χ2v) is 13.8. The summed E-state index contributed by atoms with van der Waals surface area (Å²) < 4.78 is 69.5. The molecule has 0 spiro atoms.